The van der Waals surface area contributed by atoms with Crippen LogP contribution in [0.25, 0.3) is 11.0 Å². The molecule has 0 aliphatic carbocycles. The molecule has 11 heteroatoms. The van der Waals surface area contributed by atoms with E-state index in [1.54, 1.807) is 35.4 Å². The van der Waals surface area contributed by atoms with Gasteiger partial charge in [-0.2, -0.15) is 4.31 Å². The molecule has 3 aromatic rings. The molecule has 4 rings (SSSR count). The van der Waals surface area contributed by atoms with Crippen LogP contribution in [0.4, 0.5) is 0 Å². The normalized spacial score (nSPS) is 15.5. The third-order valence-corrected chi connectivity index (χ3v) is 7.34. The van der Waals surface area contributed by atoms with Crippen LogP contribution in [0.15, 0.2) is 47.6 Å². The van der Waals surface area contributed by atoms with E-state index in [2.05, 4.69) is 9.97 Å². The van der Waals surface area contributed by atoms with Gasteiger partial charge in [-0.05, 0) is 30.3 Å². The lowest BCUT2D eigenvalue weighted by Gasteiger charge is -2.33. The number of carbonyl (C=O) groups excluding carboxylic acids is 1. The van der Waals surface area contributed by atoms with Crippen molar-refractivity contribution in [3.8, 4) is 5.75 Å². The molecule has 30 heavy (non-hydrogen) atoms. The summed E-state index contributed by atoms with van der Waals surface area (Å²) in [5.74, 6) is 0.123. The Labute approximate surface area is 183 Å². The fourth-order valence-corrected chi connectivity index (χ4v) is 5.32. The van der Waals surface area contributed by atoms with Crippen molar-refractivity contribution < 1.29 is 17.9 Å². The minimum Gasteiger partial charge on any atom is -0.482 e. The molecule has 1 saturated heterocycles. The minimum absolute atomic E-state index is 0.186. The third-order valence-electron chi connectivity index (χ3n) is 4.87. The standard InChI is InChI=1S/C19H18Cl2N4O4S/c20-13-3-4-16(15(21)10-13)29-12-18(26)24-6-8-25(9-7-24)30(27,28)17-11-23-19-14(17)2-1-5-22-19/h1-5,10-11H,6-9,12H2,(H,22,23). The number of halogens is 2. The predicted octanol–water partition coefficient (Wildman–Crippen LogP) is 2.78. The number of amides is 1. The first-order valence-corrected chi connectivity index (χ1v) is 11.3. The van der Waals surface area contributed by atoms with E-state index < -0.39 is 10.0 Å². The Morgan fingerprint density at radius 1 is 1.17 bits per heavy atom. The van der Waals surface area contributed by atoms with E-state index in [1.807, 2.05) is 0 Å². The molecule has 2 aromatic heterocycles. The smallest absolute Gasteiger partial charge is 0.260 e. The van der Waals surface area contributed by atoms with E-state index >= 15 is 0 Å². The summed E-state index contributed by atoms with van der Waals surface area (Å²) in [6.45, 7) is 0.750. The number of aromatic amines is 1. The Kier molecular flexibility index (Phi) is 5.88. The highest BCUT2D eigenvalue weighted by Crippen LogP contribution is 2.28. The number of sulfonamides is 1. The number of piperazine rings is 1. The number of H-pyrrole nitrogens is 1. The van der Waals surface area contributed by atoms with E-state index in [4.69, 9.17) is 27.9 Å². The van der Waals surface area contributed by atoms with Gasteiger partial charge in [-0.1, -0.05) is 23.2 Å². The van der Waals surface area contributed by atoms with Crippen molar-refractivity contribution >= 4 is 50.2 Å². The summed E-state index contributed by atoms with van der Waals surface area (Å²) in [7, 11) is -3.70. The number of pyridine rings is 1. The average Bonchev–Trinajstić information content (AvgIpc) is 3.18. The Balaban J connectivity index is 1.38. The van der Waals surface area contributed by atoms with Crippen molar-refractivity contribution in [1.82, 2.24) is 19.2 Å². The van der Waals surface area contributed by atoms with Gasteiger partial charge in [-0.15, -0.1) is 0 Å². The lowest BCUT2D eigenvalue weighted by molar-refractivity contribution is -0.134. The zero-order valence-electron chi connectivity index (χ0n) is 15.7. The first kappa shape index (κ1) is 20.9. The van der Waals surface area contributed by atoms with Crippen molar-refractivity contribution in [2.45, 2.75) is 4.90 Å². The molecule has 8 nitrogen and oxygen atoms in total. The summed E-state index contributed by atoms with van der Waals surface area (Å²) in [5, 5.41) is 1.34. The van der Waals surface area contributed by atoms with E-state index in [0.717, 1.165) is 0 Å². The summed E-state index contributed by atoms with van der Waals surface area (Å²) < 4.78 is 32.9. The monoisotopic (exact) mass is 468 g/mol. The number of rotatable bonds is 5. The van der Waals surface area contributed by atoms with Crippen molar-refractivity contribution in [3.05, 3.63) is 52.8 Å². The third kappa shape index (κ3) is 4.11. The molecule has 1 aliphatic rings. The van der Waals surface area contributed by atoms with Gasteiger partial charge in [0.15, 0.2) is 6.61 Å². The highest BCUT2D eigenvalue weighted by Gasteiger charge is 2.32. The van der Waals surface area contributed by atoms with Crippen LogP contribution >= 0.6 is 23.2 Å². The summed E-state index contributed by atoms with van der Waals surface area (Å²) >= 11 is 11.9. The van der Waals surface area contributed by atoms with Gasteiger partial charge in [-0.25, -0.2) is 13.4 Å². The SMILES string of the molecule is O=C(COc1ccc(Cl)cc1Cl)N1CCN(S(=O)(=O)c2c[nH]c3ncccc23)CC1. The molecule has 3 heterocycles. The minimum atomic E-state index is -3.70. The highest BCUT2D eigenvalue weighted by atomic mass is 35.5. The molecule has 0 saturated carbocycles. The lowest BCUT2D eigenvalue weighted by atomic mass is 10.3. The number of hydrogen-bond donors (Lipinski definition) is 1. The highest BCUT2D eigenvalue weighted by molar-refractivity contribution is 7.89. The summed E-state index contributed by atoms with van der Waals surface area (Å²) in [6, 6.07) is 8.16. The molecule has 1 aromatic carbocycles. The molecular formula is C19H18Cl2N4O4S. The van der Waals surface area contributed by atoms with Gasteiger partial charge < -0.3 is 14.6 Å². The van der Waals surface area contributed by atoms with E-state index in [9.17, 15) is 13.2 Å². The Bertz CT molecular complexity index is 1190. The average molecular weight is 469 g/mol. The number of nitrogens with zero attached hydrogens (tertiary/aromatic N) is 3. The van der Waals surface area contributed by atoms with Crippen LogP contribution in [0.1, 0.15) is 0 Å². The second-order valence-corrected chi connectivity index (χ2v) is 9.45. The van der Waals surface area contributed by atoms with Gasteiger partial charge >= 0.3 is 0 Å². The van der Waals surface area contributed by atoms with Crippen molar-refractivity contribution in [3.63, 3.8) is 0 Å². The lowest BCUT2D eigenvalue weighted by Crippen LogP contribution is -2.51. The number of ether oxygens (including phenoxy) is 1. The molecule has 0 bridgehead atoms. The topological polar surface area (TPSA) is 95.6 Å². The molecule has 1 aliphatic heterocycles. The Hall–Kier alpha value is -2.33. The van der Waals surface area contributed by atoms with Gasteiger partial charge in [0.2, 0.25) is 10.0 Å². The van der Waals surface area contributed by atoms with E-state index in [1.165, 1.54) is 16.6 Å². The van der Waals surface area contributed by atoms with Crippen LogP contribution in [0.3, 0.4) is 0 Å². The maximum absolute atomic E-state index is 13.0. The van der Waals surface area contributed by atoms with Crippen LogP contribution < -0.4 is 4.74 Å². The van der Waals surface area contributed by atoms with Gasteiger partial charge in [0.05, 0.1) is 5.02 Å². The summed E-state index contributed by atoms with van der Waals surface area (Å²) in [5.41, 5.74) is 0.517. The van der Waals surface area contributed by atoms with Crippen LogP contribution in [0.2, 0.25) is 10.0 Å². The molecule has 1 amide bonds. The van der Waals surface area contributed by atoms with Crippen molar-refractivity contribution in [1.29, 1.82) is 0 Å². The Morgan fingerprint density at radius 2 is 1.93 bits per heavy atom. The molecule has 1 fully saturated rings. The Morgan fingerprint density at radius 3 is 2.67 bits per heavy atom. The number of carbonyl (C=O) groups is 1. The van der Waals surface area contributed by atoms with Crippen LogP contribution in [-0.4, -0.2) is 66.3 Å². The van der Waals surface area contributed by atoms with E-state index in [-0.39, 0.29) is 43.6 Å². The number of benzene rings is 1. The van der Waals surface area contributed by atoms with Crippen LogP contribution in [0.5, 0.6) is 5.75 Å². The van der Waals surface area contributed by atoms with E-state index in [0.29, 0.717) is 26.8 Å². The first-order valence-electron chi connectivity index (χ1n) is 9.14. The van der Waals surface area contributed by atoms with Crippen LogP contribution in [0, 0.1) is 0 Å². The van der Waals surface area contributed by atoms with Crippen LogP contribution in [-0.2, 0) is 14.8 Å². The fraction of sp³-hybridized carbons (Fsp3) is 0.263. The second kappa shape index (κ2) is 8.43. The quantitative estimate of drug-likeness (QED) is 0.620. The summed E-state index contributed by atoms with van der Waals surface area (Å²) in [6.07, 6.45) is 3.05. The maximum Gasteiger partial charge on any atom is 0.260 e. The number of aromatic nitrogens is 2. The van der Waals surface area contributed by atoms with Gasteiger partial charge in [0.25, 0.3) is 5.91 Å². The molecular weight excluding hydrogens is 451 g/mol. The zero-order chi connectivity index (χ0) is 21.3. The molecule has 158 valence electrons. The first-order chi connectivity index (χ1) is 14.4. The maximum atomic E-state index is 13.0. The largest absolute Gasteiger partial charge is 0.482 e. The van der Waals surface area contributed by atoms with Gasteiger partial charge in [0, 0.05) is 49.0 Å². The van der Waals surface area contributed by atoms with Gasteiger partial charge in [0.1, 0.15) is 16.3 Å². The zero-order valence-corrected chi connectivity index (χ0v) is 18.0. The number of fused-ring (bicyclic) bond motifs is 1. The molecule has 0 unspecified atom stereocenters. The number of hydrogen-bond acceptors (Lipinski definition) is 5. The summed E-state index contributed by atoms with van der Waals surface area (Å²) in [4.78, 5) is 21.2. The molecule has 1 N–H and O–H groups in total. The van der Waals surface area contributed by atoms with Crippen molar-refractivity contribution in [2.24, 2.45) is 0 Å². The van der Waals surface area contributed by atoms with Crippen molar-refractivity contribution in [2.75, 3.05) is 32.8 Å². The molecule has 0 radical (unpaired) electrons. The number of nitrogens with one attached hydrogen (secondary N) is 1. The molecule has 0 atom stereocenters. The molecule has 0 spiro atoms. The second-order valence-electron chi connectivity index (χ2n) is 6.70. The fourth-order valence-electron chi connectivity index (χ4n) is 3.28. The predicted molar refractivity (Wildman–Crippen MR) is 113 cm³/mol. The van der Waals surface area contributed by atoms with Gasteiger partial charge in [-0.3, -0.25) is 4.79 Å².